The van der Waals surface area contributed by atoms with Crippen LogP contribution in [0.3, 0.4) is 0 Å². The molecule has 0 unspecified atom stereocenters. The number of halogens is 1. The first kappa shape index (κ1) is 21.7. The van der Waals surface area contributed by atoms with Gasteiger partial charge in [-0.2, -0.15) is 0 Å². The number of rotatable bonds is 8. The average Bonchev–Trinajstić information content (AvgIpc) is 3.42. The Morgan fingerprint density at radius 1 is 1.10 bits per heavy atom. The van der Waals surface area contributed by atoms with Crippen LogP contribution in [-0.2, 0) is 21.4 Å². The van der Waals surface area contributed by atoms with Gasteiger partial charge in [-0.1, -0.05) is 30.5 Å². The summed E-state index contributed by atoms with van der Waals surface area (Å²) in [6.07, 6.45) is 3.74. The number of amides is 1. The highest BCUT2D eigenvalue weighted by Gasteiger charge is 2.23. The van der Waals surface area contributed by atoms with Gasteiger partial charge in [-0.05, 0) is 48.7 Å². The molecule has 166 valence electrons. The topological polar surface area (TPSA) is 103 Å². The molecule has 1 fully saturated rings. The van der Waals surface area contributed by atoms with E-state index in [2.05, 4.69) is 10.0 Å². The Labute approximate surface area is 185 Å². The molecule has 0 bridgehead atoms. The molecule has 1 aliphatic carbocycles. The van der Waals surface area contributed by atoms with Crippen molar-refractivity contribution in [3.63, 3.8) is 0 Å². The van der Waals surface area contributed by atoms with Gasteiger partial charge in [0.1, 0.15) is 5.75 Å². The number of carbonyl (C=O) groups excluding carboxylic acids is 1. The van der Waals surface area contributed by atoms with Gasteiger partial charge in [-0.25, -0.2) is 13.1 Å². The van der Waals surface area contributed by atoms with Gasteiger partial charge in [0.05, 0.1) is 9.92 Å². The third kappa shape index (κ3) is 5.41. The van der Waals surface area contributed by atoms with Gasteiger partial charge in [-0.3, -0.25) is 4.79 Å². The van der Waals surface area contributed by atoms with Crippen LogP contribution in [0.5, 0.6) is 17.2 Å². The zero-order chi connectivity index (χ0) is 21.8. The minimum Gasteiger partial charge on any atom is -0.482 e. The quantitative estimate of drug-likeness (QED) is 0.620. The maximum atomic E-state index is 12.5. The summed E-state index contributed by atoms with van der Waals surface area (Å²) in [6, 6.07) is 9.60. The van der Waals surface area contributed by atoms with Gasteiger partial charge < -0.3 is 19.5 Å². The number of fused-ring (bicyclic) bond motifs is 1. The molecule has 0 radical (unpaired) electrons. The Bertz CT molecular complexity index is 1070. The van der Waals surface area contributed by atoms with Crippen LogP contribution in [-0.4, -0.2) is 33.8 Å². The summed E-state index contributed by atoms with van der Waals surface area (Å²) in [5, 5.41) is 2.87. The van der Waals surface area contributed by atoms with Crippen LogP contribution in [0.2, 0.25) is 5.02 Å². The Balaban J connectivity index is 1.29. The van der Waals surface area contributed by atoms with Crippen molar-refractivity contribution in [3.8, 4) is 17.2 Å². The molecular formula is C21H23ClN2O6S. The van der Waals surface area contributed by atoms with E-state index in [0.29, 0.717) is 18.0 Å². The Hall–Kier alpha value is -2.49. The number of nitrogens with one attached hydrogen (secondary N) is 2. The van der Waals surface area contributed by atoms with Crippen LogP contribution >= 0.6 is 11.6 Å². The first-order chi connectivity index (χ1) is 14.9. The van der Waals surface area contributed by atoms with Gasteiger partial charge in [0.2, 0.25) is 16.8 Å². The van der Waals surface area contributed by atoms with E-state index in [0.717, 1.165) is 31.2 Å². The number of carbonyl (C=O) groups is 1. The molecule has 8 nitrogen and oxygen atoms in total. The minimum absolute atomic E-state index is 0.0341. The fourth-order valence-electron chi connectivity index (χ4n) is 3.54. The smallest absolute Gasteiger partial charge is 0.258 e. The summed E-state index contributed by atoms with van der Waals surface area (Å²) < 4.78 is 43.8. The first-order valence-corrected chi connectivity index (χ1v) is 11.9. The molecule has 31 heavy (non-hydrogen) atoms. The van der Waals surface area contributed by atoms with Crippen molar-refractivity contribution < 1.29 is 27.4 Å². The van der Waals surface area contributed by atoms with E-state index in [1.165, 1.54) is 18.2 Å². The Kier molecular flexibility index (Phi) is 6.54. The summed E-state index contributed by atoms with van der Waals surface area (Å²) in [6.45, 7) is 0.240. The van der Waals surface area contributed by atoms with Crippen LogP contribution < -0.4 is 24.2 Å². The van der Waals surface area contributed by atoms with Crippen LogP contribution in [0.4, 0.5) is 0 Å². The standard InChI is InChI=1S/C21H23ClN2O6S/c22-17-10-16(31(26,27)24-15-3-1-2-4-15)6-8-18(17)28-12-21(25)23-11-14-5-7-19-20(9-14)30-13-29-19/h5-10,15,24H,1-4,11-13H2,(H,23,25). The summed E-state index contributed by atoms with van der Waals surface area (Å²) in [7, 11) is -3.65. The Morgan fingerprint density at radius 3 is 2.65 bits per heavy atom. The third-order valence-electron chi connectivity index (χ3n) is 5.18. The van der Waals surface area contributed by atoms with Crippen molar-refractivity contribution in [2.24, 2.45) is 0 Å². The molecule has 1 aliphatic heterocycles. The normalized spacial score (nSPS) is 15.8. The molecule has 0 spiro atoms. The summed E-state index contributed by atoms with van der Waals surface area (Å²) >= 11 is 6.19. The third-order valence-corrected chi connectivity index (χ3v) is 6.99. The van der Waals surface area contributed by atoms with Crippen LogP contribution in [0.15, 0.2) is 41.3 Å². The summed E-state index contributed by atoms with van der Waals surface area (Å²) in [4.78, 5) is 12.2. The summed E-state index contributed by atoms with van der Waals surface area (Å²) in [5.74, 6) is 1.22. The summed E-state index contributed by atoms with van der Waals surface area (Å²) in [5.41, 5.74) is 0.861. The molecule has 2 aliphatic rings. The lowest BCUT2D eigenvalue weighted by molar-refractivity contribution is -0.123. The van der Waals surface area contributed by atoms with E-state index in [-0.39, 0.29) is 41.0 Å². The highest BCUT2D eigenvalue weighted by Crippen LogP contribution is 2.32. The van der Waals surface area contributed by atoms with Crippen LogP contribution in [0.25, 0.3) is 0 Å². The molecule has 1 saturated carbocycles. The molecule has 4 rings (SSSR count). The maximum absolute atomic E-state index is 12.5. The zero-order valence-corrected chi connectivity index (χ0v) is 18.3. The second kappa shape index (κ2) is 9.33. The highest BCUT2D eigenvalue weighted by molar-refractivity contribution is 7.89. The minimum atomic E-state index is -3.65. The lowest BCUT2D eigenvalue weighted by atomic mass is 10.2. The number of benzene rings is 2. The van der Waals surface area contributed by atoms with Gasteiger partial charge in [-0.15, -0.1) is 0 Å². The largest absolute Gasteiger partial charge is 0.482 e. The van der Waals surface area contributed by atoms with Crippen molar-refractivity contribution in [2.45, 2.75) is 43.2 Å². The van der Waals surface area contributed by atoms with Crippen LogP contribution in [0, 0.1) is 0 Å². The van der Waals surface area contributed by atoms with E-state index < -0.39 is 10.0 Å². The van der Waals surface area contributed by atoms with Gasteiger partial charge in [0.15, 0.2) is 18.1 Å². The van der Waals surface area contributed by atoms with Crippen LogP contribution in [0.1, 0.15) is 31.2 Å². The van der Waals surface area contributed by atoms with Gasteiger partial charge in [0, 0.05) is 12.6 Å². The van der Waals surface area contributed by atoms with E-state index in [1.807, 2.05) is 6.07 Å². The number of hydrogen-bond donors (Lipinski definition) is 2. The number of ether oxygens (including phenoxy) is 3. The molecule has 2 aromatic rings. The fourth-order valence-corrected chi connectivity index (χ4v) is 5.17. The molecule has 1 heterocycles. The molecule has 0 aromatic heterocycles. The molecule has 0 saturated heterocycles. The van der Waals surface area contributed by atoms with Gasteiger partial charge >= 0.3 is 0 Å². The Morgan fingerprint density at radius 2 is 1.87 bits per heavy atom. The van der Waals surface area contributed by atoms with E-state index in [1.54, 1.807) is 12.1 Å². The van der Waals surface area contributed by atoms with Crippen molar-refractivity contribution in [3.05, 3.63) is 47.0 Å². The van der Waals surface area contributed by atoms with E-state index in [4.69, 9.17) is 25.8 Å². The monoisotopic (exact) mass is 466 g/mol. The molecule has 2 N–H and O–H groups in total. The number of hydrogen-bond acceptors (Lipinski definition) is 6. The number of sulfonamides is 1. The second-order valence-electron chi connectivity index (χ2n) is 7.45. The lowest BCUT2D eigenvalue weighted by Crippen LogP contribution is -2.32. The predicted molar refractivity (Wildman–Crippen MR) is 114 cm³/mol. The maximum Gasteiger partial charge on any atom is 0.258 e. The highest BCUT2D eigenvalue weighted by atomic mass is 35.5. The van der Waals surface area contributed by atoms with Crippen molar-refractivity contribution >= 4 is 27.5 Å². The fraction of sp³-hybridized carbons (Fsp3) is 0.381. The molecule has 10 heteroatoms. The van der Waals surface area contributed by atoms with E-state index >= 15 is 0 Å². The molecular weight excluding hydrogens is 444 g/mol. The molecule has 1 amide bonds. The zero-order valence-electron chi connectivity index (χ0n) is 16.7. The first-order valence-electron chi connectivity index (χ1n) is 10.0. The van der Waals surface area contributed by atoms with Crippen molar-refractivity contribution in [2.75, 3.05) is 13.4 Å². The lowest BCUT2D eigenvalue weighted by Gasteiger charge is -2.14. The molecule has 2 aromatic carbocycles. The average molecular weight is 467 g/mol. The second-order valence-corrected chi connectivity index (χ2v) is 9.57. The van der Waals surface area contributed by atoms with Gasteiger partial charge in [0.25, 0.3) is 5.91 Å². The SMILES string of the molecule is O=C(COc1ccc(S(=O)(=O)NC2CCCC2)cc1Cl)NCc1ccc2c(c1)OCO2. The molecule has 0 atom stereocenters. The van der Waals surface area contributed by atoms with Crippen molar-refractivity contribution in [1.82, 2.24) is 10.0 Å². The predicted octanol–water partition coefficient (Wildman–Crippen LogP) is 2.98. The van der Waals surface area contributed by atoms with Crippen molar-refractivity contribution in [1.29, 1.82) is 0 Å². The van der Waals surface area contributed by atoms with E-state index in [9.17, 15) is 13.2 Å².